The lowest BCUT2D eigenvalue weighted by Crippen LogP contribution is -2.14. The molecule has 0 unspecified atom stereocenters. The number of rotatable bonds is 7. The molecule has 17 heavy (non-hydrogen) atoms. The zero-order valence-electron chi connectivity index (χ0n) is 10.2. The molecule has 0 amide bonds. The van der Waals surface area contributed by atoms with Crippen LogP contribution in [-0.2, 0) is 22.5 Å². The molecule has 1 aliphatic carbocycles. The van der Waals surface area contributed by atoms with Crippen molar-refractivity contribution in [3.8, 4) is 0 Å². The number of hydrogen-bond donors (Lipinski definition) is 1. The van der Waals surface area contributed by atoms with Gasteiger partial charge in [0.15, 0.2) is 0 Å². The molecule has 0 saturated heterocycles. The predicted molar refractivity (Wildman–Crippen MR) is 69.1 cm³/mol. The van der Waals surface area contributed by atoms with Crippen molar-refractivity contribution < 1.29 is 9.53 Å². The fraction of sp³-hybridized carbons (Fsp3) is 0.615. The summed E-state index contributed by atoms with van der Waals surface area (Å²) in [6, 6.07) is 4.10. The molecule has 0 aliphatic heterocycles. The summed E-state index contributed by atoms with van der Waals surface area (Å²) in [7, 11) is 1.43. The summed E-state index contributed by atoms with van der Waals surface area (Å²) in [4.78, 5) is 13.5. The fourth-order valence-corrected chi connectivity index (χ4v) is 2.72. The molecule has 0 spiro atoms. The number of ether oxygens (including phenoxy) is 1. The molecule has 1 heterocycles. The van der Waals surface area contributed by atoms with Gasteiger partial charge >= 0.3 is 5.97 Å². The second kappa shape index (κ2) is 6.17. The maximum Gasteiger partial charge on any atom is 0.310 e. The van der Waals surface area contributed by atoms with Gasteiger partial charge in [-0.15, -0.1) is 11.3 Å². The Labute approximate surface area is 106 Å². The third-order valence-electron chi connectivity index (χ3n) is 2.99. The van der Waals surface area contributed by atoms with Crippen molar-refractivity contribution in [1.29, 1.82) is 0 Å². The van der Waals surface area contributed by atoms with Gasteiger partial charge in [0, 0.05) is 16.3 Å². The lowest BCUT2D eigenvalue weighted by Gasteiger charge is -2.01. The third-order valence-corrected chi connectivity index (χ3v) is 4.07. The van der Waals surface area contributed by atoms with E-state index in [1.165, 1.54) is 31.2 Å². The van der Waals surface area contributed by atoms with Crippen LogP contribution >= 0.6 is 11.3 Å². The highest BCUT2D eigenvalue weighted by Gasteiger charge is 2.19. The molecule has 1 aromatic heterocycles. The predicted octanol–water partition coefficient (Wildman–Crippen LogP) is 2.35. The first-order valence-electron chi connectivity index (χ1n) is 6.13. The van der Waals surface area contributed by atoms with E-state index in [2.05, 4.69) is 16.1 Å². The normalized spacial score (nSPS) is 14.9. The van der Waals surface area contributed by atoms with E-state index >= 15 is 0 Å². The Bertz CT molecular complexity index is 371. The Balaban J connectivity index is 1.67. The number of hydrogen-bond acceptors (Lipinski definition) is 4. The van der Waals surface area contributed by atoms with Gasteiger partial charge in [0.1, 0.15) is 0 Å². The summed E-state index contributed by atoms with van der Waals surface area (Å²) in [5.41, 5.74) is 0. The highest BCUT2D eigenvalue weighted by Crippen LogP contribution is 2.31. The standard InChI is InChI=1S/C13H19NO2S/c1-16-13(15)8-11-4-5-12(17-11)9-14-7-6-10-2-3-10/h4-5,10,14H,2-3,6-9H2,1H3. The summed E-state index contributed by atoms with van der Waals surface area (Å²) in [5.74, 6) is 0.820. The van der Waals surface area contributed by atoms with Gasteiger partial charge in [-0.2, -0.15) is 0 Å². The molecule has 1 aliphatic rings. The molecule has 1 saturated carbocycles. The maximum absolute atomic E-state index is 11.1. The second-order valence-electron chi connectivity index (χ2n) is 4.53. The Kier molecular flexibility index (Phi) is 4.57. The van der Waals surface area contributed by atoms with Crippen molar-refractivity contribution in [2.24, 2.45) is 5.92 Å². The minimum atomic E-state index is -0.167. The number of thiophene rings is 1. The van der Waals surface area contributed by atoms with Crippen LogP contribution in [0.2, 0.25) is 0 Å². The van der Waals surface area contributed by atoms with Crippen LogP contribution in [0, 0.1) is 5.92 Å². The van der Waals surface area contributed by atoms with E-state index in [-0.39, 0.29) is 5.97 Å². The van der Waals surface area contributed by atoms with E-state index in [4.69, 9.17) is 0 Å². The van der Waals surface area contributed by atoms with Crippen molar-refractivity contribution in [3.05, 3.63) is 21.9 Å². The smallest absolute Gasteiger partial charge is 0.310 e. The van der Waals surface area contributed by atoms with Crippen LogP contribution in [0.3, 0.4) is 0 Å². The van der Waals surface area contributed by atoms with E-state index in [1.807, 2.05) is 6.07 Å². The third kappa shape index (κ3) is 4.48. The van der Waals surface area contributed by atoms with Gasteiger partial charge in [0.2, 0.25) is 0 Å². The zero-order chi connectivity index (χ0) is 12.1. The Hall–Kier alpha value is -0.870. The molecular weight excluding hydrogens is 234 g/mol. The maximum atomic E-state index is 11.1. The zero-order valence-corrected chi connectivity index (χ0v) is 11.0. The van der Waals surface area contributed by atoms with Crippen molar-refractivity contribution >= 4 is 17.3 Å². The monoisotopic (exact) mass is 253 g/mol. The van der Waals surface area contributed by atoms with E-state index in [9.17, 15) is 4.79 Å². The van der Waals surface area contributed by atoms with Crippen LogP contribution in [0.4, 0.5) is 0 Å². The Morgan fingerprint density at radius 3 is 2.94 bits per heavy atom. The molecule has 4 heteroatoms. The summed E-state index contributed by atoms with van der Waals surface area (Å²) in [6.07, 6.45) is 4.54. The van der Waals surface area contributed by atoms with Crippen molar-refractivity contribution in [2.45, 2.75) is 32.2 Å². The molecule has 0 atom stereocenters. The van der Waals surface area contributed by atoms with Crippen LogP contribution in [0.5, 0.6) is 0 Å². The van der Waals surface area contributed by atoms with Crippen LogP contribution in [0.1, 0.15) is 29.0 Å². The highest BCUT2D eigenvalue weighted by atomic mass is 32.1. The van der Waals surface area contributed by atoms with Gasteiger partial charge in [0.05, 0.1) is 13.5 Å². The largest absolute Gasteiger partial charge is 0.469 e. The van der Waals surface area contributed by atoms with Gasteiger partial charge in [-0.3, -0.25) is 4.79 Å². The molecule has 0 bridgehead atoms. The number of methoxy groups -OCH3 is 1. The average molecular weight is 253 g/mol. The van der Waals surface area contributed by atoms with Crippen LogP contribution < -0.4 is 5.32 Å². The molecule has 2 rings (SSSR count). The first-order valence-corrected chi connectivity index (χ1v) is 6.94. The Morgan fingerprint density at radius 1 is 1.47 bits per heavy atom. The van der Waals surface area contributed by atoms with E-state index < -0.39 is 0 Å². The van der Waals surface area contributed by atoms with Gasteiger partial charge in [-0.05, 0) is 31.0 Å². The minimum Gasteiger partial charge on any atom is -0.469 e. The lowest BCUT2D eigenvalue weighted by molar-refractivity contribution is -0.139. The number of carbonyl (C=O) groups excluding carboxylic acids is 1. The summed E-state index contributed by atoms with van der Waals surface area (Å²) >= 11 is 1.69. The first-order chi connectivity index (χ1) is 8.28. The second-order valence-corrected chi connectivity index (χ2v) is 5.78. The SMILES string of the molecule is COC(=O)Cc1ccc(CNCCC2CC2)s1. The quantitative estimate of drug-likeness (QED) is 0.599. The van der Waals surface area contributed by atoms with E-state index in [1.54, 1.807) is 11.3 Å². The number of carbonyl (C=O) groups is 1. The van der Waals surface area contributed by atoms with Gasteiger partial charge in [-0.1, -0.05) is 12.8 Å². The van der Waals surface area contributed by atoms with Crippen molar-refractivity contribution in [3.63, 3.8) is 0 Å². The molecule has 0 aromatic carbocycles. The molecule has 94 valence electrons. The Morgan fingerprint density at radius 2 is 2.24 bits per heavy atom. The van der Waals surface area contributed by atoms with Crippen molar-refractivity contribution in [1.82, 2.24) is 5.32 Å². The molecule has 0 radical (unpaired) electrons. The minimum absolute atomic E-state index is 0.167. The van der Waals surface area contributed by atoms with Gasteiger partial charge in [-0.25, -0.2) is 0 Å². The van der Waals surface area contributed by atoms with E-state index in [0.29, 0.717) is 6.42 Å². The van der Waals surface area contributed by atoms with E-state index in [0.717, 1.165) is 23.9 Å². The number of nitrogens with one attached hydrogen (secondary N) is 1. The fourth-order valence-electron chi connectivity index (χ4n) is 1.75. The average Bonchev–Trinajstić information content (AvgIpc) is 3.05. The highest BCUT2D eigenvalue weighted by molar-refractivity contribution is 7.12. The molecule has 1 N–H and O–H groups in total. The van der Waals surface area contributed by atoms with Crippen LogP contribution in [-0.4, -0.2) is 19.6 Å². The summed E-state index contributed by atoms with van der Waals surface area (Å²) < 4.78 is 4.65. The molecule has 1 aromatic rings. The molecule has 1 fully saturated rings. The molecular formula is C13H19NO2S. The van der Waals surface area contributed by atoms with Gasteiger partial charge < -0.3 is 10.1 Å². The summed E-state index contributed by atoms with van der Waals surface area (Å²) in [6.45, 7) is 2.02. The number of esters is 1. The topological polar surface area (TPSA) is 38.3 Å². The molecule has 3 nitrogen and oxygen atoms in total. The van der Waals surface area contributed by atoms with Crippen LogP contribution in [0.15, 0.2) is 12.1 Å². The lowest BCUT2D eigenvalue weighted by atomic mass is 10.3. The van der Waals surface area contributed by atoms with Crippen LogP contribution in [0.25, 0.3) is 0 Å². The van der Waals surface area contributed by atoms with Crippen molar-refractivity contribution in [2.75, 3.05) is 13.7 Å². The van der Waals surface area contributed by atoms with Gasteiger partial charge in [0.25, 0.3) is 0 Å². The summed E-state index contributed by atoms with van der Waals surface area (Å²) in [5, 5.41) is 3.45. The first kappa shape index (κ1) is 12.6.